The predicted octanol–water partition coefficient (Wildman–Crippen LogP) is 3.84. The molecule has 0 amide bonds. The zero-order chi connectivity index (χ0) is 18.5. The van der Waals surface area contributed by atoms with Crippen LogP contribution in [0.2, 0.25) is 0 Å². The van der Waals surface area contributed by atoms with E-state index < -0.39 is 0 Å². The number of nitrogens with zero attached hydrogens (tertiary/aromatic N) is 3. The van der Waals surface area contributed by atoms with Gasteiger partial charge >= 0.3 is 0 Å². The summed E-state index contributed by atoms with van der Waals surface area (Å²) in [7, 11) is 1.64. The highest BCUT2D eigenvalue weighted by molar-refractivity contribution is 5.45. The van der Waals surface area contributed by atoms with E-state index in [9.17, 15) is 0 Å². The molecule has 1 aromatic heterocycles. The summed E-state index contributed by atoms with van der Waals surface area (Å²) < 4.78 is 16.8. The summed E-state index contributed by atoms with van der Waals surface area (Å²) in [4.78, 5) is 11.4. The van der Waals surface area contributed by atoms with E-state index in [1.54, 1.807) is 7.11 Å². The Balaban J connectivity index is 1.81. The van der Waals surface area contributed by atoms with Crippen molar-refractivity contribution in [3.63, 3.8) is 0 Å². The van der Waals surface area contributed by atoms with Crippen molar-refractivity contribution in [3.05, 3.63) is 36.2 Å². The van der Waals surface area contributed by atoms with Crippen molar-refractivity contribution in [1.29, 1.82) is 0 Å². The Morgan fingerprint density at radius 2 is 1.92 bits per heavy atom. The number of anilines is 1. The maximum atomic E-state index is 5.94. The predicted molar refractivity (Wildman–Crippen MR) is 101 cm³/mol. The average Bonchev–Trinajstić information content (AvgIpc) is 2.62. The largest absolute Gasteiger partial charge is 0.497 e. The summed E-state index contributed by atoms with van der Waals surface area (Å²) in [5.74, 6) is 4.25. The number of hydrogen-bond donors (Lipinski definition) is 0. The molecule has 0 spiro atoms. The van der Waals surface area contributed by atoms with Gasteiger partial charge in [-0.25, -0.2) is 4.98 Å². The molecule has 0 saturated carbocycles. The number of morpholine rings is 1. The molecular weight excluding hydrogens is 330 g/mol. The van der Waals surface area contributed by atoms with Crippen molar-refractivity contribution in [3.8, 4) is 17.4 Å². The smallest absolute Gasteiger partial charge is 0.224 e. The number of hydrogen-bond acceptors (Lipinski definition) is 6. The molecule has 0 N–H and O–H groups in total. The third-order valence-electron chi connectivity index (χ3n) is 4.35. The Kier molecular flexibility index (Phi) is 5.93. The van der Waals surface area contributed by atoms with Gasteiger partial charge in [0.25, 0.3) is 0 Å². The lowest BCUT2D eigenvalue weighted by Gasteiger charge is -2.37. The minimum Gasteiger partial charge on any atom is -0.497 e. The van der Waals surface area contributed by atoms with E-state index in [0.717, 1.165) is 36.9 Å². The van der Waals surface area contributed by atoms with Gasteiger partial charge in [0.05, 0.1) is 26.4 Å². The second-order valence-electron chi connectivity index (χ2n) is 6.94. The van der Waals surface area contributed by atoms with Crippen LogP contribution in [0.4, 0.5) is 5.82 Å². The van der Waals surface area contributed by atoms with Crippen LogP contribution in [0.5, 0.6) is 17.4 Å². The van der Waals surface area contributed by atoms with Crippen molar-refractivity contribution in [2.45, 2.75) is 33.2 Å². The molecule has 2 heterocycles. The first-order valence-corrected chi connectivity index (χ1v) is 9.07. The fourth-order valence-electron chi connectivity index (χ4n) is 3.19. The first kappa shape index (κ1) is 18.5. The Hall–Kier alpha value is -2.34. The third-order valence-corrected chi connectivity index (χ3v) is 4.35. The first-order valence-electron chi connectivity index (χ1n) is 9.07. The standard InChI is InChI=1S/C20H27N3O3/c1-14(2)11-16-13-25-10-9-23(16)19-12-20(22-15(3)21-19)26-18-7-5-17(24-4)6-8-18/h5-8,12,14,16H,9-11,13H2,1-4H3/t16-/m1/s1. The van der Waals surface area contributed by atoms with Gasteiger partial charge in [-0.2, -0.15) is 4.98 Å². The Bertz CT molecular complexity index is 719. The maximum Gasteiger partial charge on any atom is 0.224 e. The lowest BCUT2D eigenvalue weighted by molar-refractivity contribution is 0.0873. The monoisotopic (exact) mass is 357 g/mol. The minimum atomic E-state index is 0.326. The van der Waals surface area contributed by atoms with Gasteiger partial charge in [-0.3, -0.25) is 0 Å². The SMILES string of the molecule is COc1ccc(Oc2cc(N3CCOC[C@H]3CC(C)C)nc(C)n2)cc1. The maximum absolute atomic E-state index is 5.94. The number of aryl methyl sites for hydroxylation is 1. The van der Waals surface area contributed by atoms with E-state index in [-0.39, 0.29) is 0 Å². The van der Waals surface area contributed by atoms with E-state index in [1.165, 1.54) is 0 Å². The highest BCUT2D eigenvalue weighted by Gasteiger charge is 2.25. The Labute approximate surface area is 155 Å². The Morgan fingerprint density at radius 1 is 1.19 bits per heavy atom. The summed E-state index contributed by atoms with van der Waals surface area (Å²) in [5, 5.41) is 0. The van der Waals surface area contributed by atoms with Crippen LogP contribution in [0.1, 0.15) is 26.1 Å². The highest BCUT2D eigenvalue weighted by atomic mass is 16.5. The van der Waals surface area contributed by atoms with Crippen LogP contribution in [0.3, 0.4) is 0 Å². The number of benzene rings is 1. The molecule has 0 unspecified atom stereocenters. The fourth-order valence-corrected chi connectivity index (χ4v) is 3.19. The van der Waals surface area contributed by atoms with Gasteiger partial charge in [0, 0.05) is 12.6 Å². The molecule has 1 aromatic carbocycles. The molecule has 6 nitrogen and oxygen atoms in total. The van der Waals surface area contributed by atoms with Gasteiger partial charge < -0.3 is 19.1 Å². The van der Waals surface area contributed by atoms with Crippen LogP contribution < -0.4 is 14.4 Å². The summed E-state index contributed by atoms with van der Waals surface area (Å²) in [5.41, 5.74) is 0. The number of rotatable bonds is 6. The molecule has 140 valence electrons. The third kappa shape index (κ3) is 4.64. The van der Waals surface area contributed by atoms with Crippen molar-refractivity contribution in [1.82, 2.24) is 9.97 Å². The van der Waals surface area contributed by atoms with Crippen molar-refractivity contribution >= 4 is 5.82 Å². The average molecular weight is 357 g/mol. The van der Waals surface area contributed by atoms with Crippen molar-refractivity contribution < 1.29 is 14.2 Å². The lowest BCUT2D eigenvalue weighted by Crippen LogP contribution is -2.46. The quantitative estimate of drug-likeness (QED) is 0.783. The molecule has 0 aliphatic carbocycles. The van der Waals surface area contributed by atoms with Crippen LogP contribution in [0, 0.1) is 12.8 Å². The van der Waals surface area contributed by atoms with E-state index in [1.807, 2.05) is 37.3 Å². The molecular formula is C20H27N3O3. The molecule has 3 rings (SSSR count). The summed E-state index contributed by atoms with van der Waals surface area (Å²) in [6.45, 7) is 8.63. The van der Waals surface area contributed by atoms with Gasteiger partial charge in [0.2, 0.25) is 5.88 Å². The van der Waals surface area contributed by atoms with Gasteiger partial charge in [-0.1, -0.05) is 13.8 Å². The van der Waals surface area contributed by atoms with E-state index in [2.05, 4.69) is 28.7 Å². The topological polar surface area (TPSA) is 56.7 Å². The minimum absolute atomic E-state index is 0.326. The lowest BCUT2D eigenvalue weighted by atomic mass is 10.0. The first-order chi connectivity index (χ1) is 12.5. The molecule has 1 atom stereocenters. The number of aromatic nitrogens is 2. The summed E-state index contributed by atoms with van der Waals surface area (Å²) in [6.07, 6.45) is 1.07. The molecule has 1 aliphatic heterocycles. The van der Waals surface area contributed by atoms with Gasteiger partial charge in [-0.05, 0) is 43.5 Å². The van der Waals surface area contributed by atoms with Crippen molar-refractivity contribution in [2.24, 2.45) is 5.92 Å². The second kappa shape index (κ2) is 8.36. The molecule has 1 aliphatic rings. The van der Waals surface area contributed by atoms with Gasteiger partial charge in [0.1, 0.15) is 23.1 Å². The molecule has 0 bridgehead atoms. The zero-order valence-corrected chi connectivity index (χ0v) is 15.9. The van der Waals surface area contributed by atoms with E-state index in [0.29, 0.717) is 30.3 Å². The molecule has 2 aromatic rings. The van der Waals surface area contributed by atoms with Crippen LogP contribution in [0.15, 0.2) is 30.3 Å². The summed E-state index contributed by atoms with van der Waals surface area (Å²) in [6, 6.07) is 9.71. The molecule has 6 heteroatoms. The van der Waals surface area contributed by atoms with Crippen LogP contribution in [-0.2, 0) is 4.74 Å². The molecule has 1 saturated heterocycles. The molecule has 26 heavy (non-hydrogen) atoms. The number of ether oxygens (including phenoxy) is 3. The van der Waals surface area contributed by atoms with Crippen LogP contribution in [0.25, 0.3) is 0 Å². The molecule has 1 fully saturated rings. The van der Waals surface area contributed by atoms with Crippen molar-refractivity contribution in [2.75, 3.05) is 31.8 Å². The summed E-state index contributed by atoms with van der Waals surface area (Å²) >= 11 is 0. The van der Waals surface area contributed by atoms with Gasteiger partial charge in [-0.15, -0.1) is 0 Å². The Morgan fingerprint density at radius 3 is 2.62 bits per heavy atom. The van der Waals surface area contributed by atoms with E-state index >= 15 is 0 Å². The number of methoxy groups -OCH3 is 1. The zero-order valence-electron chi connectivity index (χ0n) is 15.9. The normalized spacial score (nSPS) is 17.4. The second-order valence-corrected chi connectivity index (χ2v) is 6.94. The fraction of sp³-hybridized carbons (Fsp3) is 0.500. The highest BCUT2D eigenvalue weighted by Crippen LogP contribution is 2.28. The van der Waals surface area contributed by atoms with E-state index in [4.69, 9.17) is 14.2 Å². The van der Waals surface area contributed by atoms with Gasteiger partial charge in [0.15, 0.2) is 0 Å². The molecule has 0 radical (unpaired) electrons. The van der Waals surface area contributed by atoms with Crippen LogP contribution in [-0.4, -0.2) is 42.9 Å². The van der Waals surface area contributed by atoms with Crippen LogP contribution >= 0.6 is 0 Å².